The minimum absolute atomic E-state index is 0.0233. The summed E-state index contributed by atoms with van der Waals surface area (Å²) in [6.45, 7) is 0.0465. The summed E-state index contributed by atoms with van der Waals surface area (Å²) in [4.78, 5) is 3.56. The maximum atomic E-state index is 12.6. The summed E-state index contributed by atoms with van der Waals surface area (Å²) in [7, 11) is 0. The number of aromatic nitrogens is 1. The van der Waals surface area contributed by atoms with E-state index in [-0.39, 0.29) is 43.5 Å². The first-order valence-corrected chi connectivity index (χ1v) is 8.50. The van der Waals surface area contributed by atoms with E-state index in [0.717, 1.165) is 0 Å². The average Bonchev–Trinajstić information content (AvgIpc) is 2.52. The molecular weight excluding hydrogens is 460 g/mol. The van der Waals surface area contributed by atoms with Gasteiger partial charge in [-0.3, -0.25) is 0 Å². The molecule has 0 saturated carbocycles. The Kier molecular flexibility index (Phi) is 7.16. The van der Waals surface area contributed by atoms with Crippen molar-refractivity contribution in [2.24, 2.45) is 0 Å². The molecule has 2 rings (SSSR count). The maximum Gasteiger partial charge on any atom is 0.417 e. The molecule has 0 aliphatic rings. The van der Waals surface area contributed by atoms with Gasteiger partial charge < -0.3 is 9.47 Å². The molecule has 140 valence electrons. The van der Waals surface area contributed by atoms with E-state index in [0.29, 0.717) is 12.3 Å². The van der Waals surface area contributed by atoms with E-state index in [1.54, 1.807) is 0 Å². The molecule has 0 aliphatic carbocycles. The first-order valence-electron chi connectivity index (χ1n) is 6.61. The van der Waals surface area contributed by atoms with Crippen LogP contribution in [0.4, 0.5) is 13.2 Å². The second kappa shape index (κ2) is 8.76. The van der Waals surface area contributed by atoms with E-state index in [2.05, 4.69) is 4.98 Å². The molecule has 1 aromatic carbocycles. The fourth-order valence-corrected chi connectivity index (χ4v) is 2.38. The van der Waals surface area contributed by atoms with Gasteiger partial charge in [-0.15, -0.1) is 0 Å². The molecular formula is C15H7Cl5F3NO2. The number of hydrogen-bond donors (Lipinski definition) is 0. The van der Waals surface area contributed by atoms with E-state index in [1.165, 1.54) is 18.2 Å². The van der Waals surface area contributed by atoms with Crippen LogP contribution in [0, 0.1) is 0 Å². The third kappa shape index (κ3) is 5.72. The molecule has 0 bridgehead atoms. The zero-order chi connectivity index (χ0) is 19.5. The number of alkyl halides is 3. The second-order valence-corrected chi connectivity index (χ2v) is 6.86. The van der Waals surface area contributed by atoms with E-state index < -0.39 is 11.7 Å². The molecule has 0 amide bonds. The molecule has 0 saturated heterocycles. The van der Waals surface area contributed by atoms with Crippen molar-refractivity contribution in [2.75, 3.05) is 6.61 Å². The zero-order valence-electron chi connectivity index (χ0n) is 12.4. The van der Waals surface area contributed by atoms with Crippen LogP contribution in [0.5, 0.6) is 17.4 Å². The van der Waals surface area contributed by atoms with Crippen molar-refractivity contribution in [3.05, 3.63) is 55.6 Å². The van der Waals surface area contributed by atoms with E-state index in [1.807, 2.05) is 0 Å². The van der Waals surface area contributed by atoms with Gasteiger partial charge in [-0.05, 0) is 12.1 Å². The van der Waals surface area contributed by atoms with Gasteiger partial charge in [-0.25, -0.2) is 4.98 Å². The molecule has 11 heteroatoms. The standard InChI is InChI=1S/C15H7Cl5F3NO2/c16-8-5-12(9(17)4-11(8)25-2-1-13(19)20)26-14-10(18)3-7(6-24-14)15(21,22)23/h1,3-6H,2H2. The van der Waals surface area contributed by atoms with Gasteiger partial charge in [0.1, 0.15) is 27.6 Å². The first-order chi connectivity index (χ1) is 12.1. The van der Waals surface area contributed by atoms with Crippen molar-refractivity contribution in [2.45, 2.75) is 6.18 Å². The van der Waals surface area contributed by atoms with Gasteiger partial charge in [0.25, 0.3) is 0 Å². The van der Waals surface area contributed by atoms with Crippen molar-refractivity contribution >= 4 is 58.0 Å². The highest BCUT2D eigenvalue weighted by atomic mass is 35.5. The number of rotatable bonds is 5. The summed E-state index contributed by atoms with van der Waals surface area (Å²) in [6.07, 6.45) is -2.59. The predicted octanol–water partition coefficient (Wildman–Crippen LogP) is 7.55. The Hall–Kier alpha value is -1.05. The fraction of sp³-hybridized carbons (Fsp3) is 0.133. The number of nitrogens with zero attached hydrogens (tertiary/aromatic N) is 1. The van der Waals surface area contributed by atoms with Crippen LogP contribution < -0.4 is 9.47 Å². The summed E-state index contributed by atoms with van der Waals surface area (Å²) >= 11 is 28.8. The van der Waals surface area contributed by atoms with Crippen molar-refractivity contribution in [1.82, 2.24) is 4.98 Å². The number of pyridine rings is 1. The maximum absolute atomic E-state index is 12.6. The molecule has 0 spiro atoms. The first kappa shape index (κ1) is 21.3. The van der Waals surface area contributed by atoms with Gasteiger partial charge in [0.2, 0.25) is 5.88 Å². The highest BCUT2D eigenvalue weighted by molar-refractivity contribution is 6.55. The lowest BCUT2D eigenvalue weighted by Crippen LogP contribution is -2.05. The van der Waals surface area contributed by atoms with E-state index >= 15 is 0 Å². The normalized spacial score (nSPS) is 11.2. The Labute approximate surface area is 171 Å². The summed E-state index contributed by atoms with van der Waals surface area (Å²) in [6, 6.07) is 3.35. The molecule has 0 atom stereocenters. The third-order valence-corrected chi connectivity index (χ3v) is 3.97. The zero-order valence-corrected chi connectivity index (χ0v) is 16.2. The Morgan fingerprint density at radius 1 is 1.00 bits per heavy atom. The van der Waals surface area contributed by atoms with Crippen LogP contribution in [0.2, 0.25) is 15.1 Å². The van der Waals surface area contributed by atoms with Crippen molar-refractivity contribution in [3.63, 3.8) is 0 Å². The number of ether oxygens (including phenoxy) is 2. The van der Waals surface area contributed by atoms with Crippen molar-refractivity contribution in [1.29, 1.82) is 0 Å². The smallest absolute Gasteiger partial charge is 0.417 e. The lowest BCUT2D eigenvalue weighted by atomic mass is 10.3. The van der Waals surface area contributed by atoms with Gasteiger partial charge in [-0.2, -0.15) is 13.2 Å². The van der Waals surface area contributed by atoms with Gasteiger partial charge >= 0.3 is 6.18 Å². The van der Waals surface area contributed by atoms with Crippen LogP contribution in [0.1, 0.15) is 5.56 Å². The minimum Gasteiger partial charge on any atom is -0.488 e. The van der Waals surface area contributed by atoms with Crippen LogP contribution in [-0.2, 0) is 6.18 Å². The fourth-order valence-electron chi connectivity index (χ4n) is 1.65. The molecule has 0 radical (unpaired) electrons. The molecule has 1 heterocycles. The Morgan fingerprint density at radius 3 is 2.19 bits per heavy atom. The van der Waals surface area contributed by atoms with Gasteiger partial charge in [-0.1, -0.05) is 58.0 Å². The number of hydrogen-bond acceptors (Lipinski definition) is 3. The highest BCUT2D eigenvalue weighted by Crippen LogP contribution is 2.40. The summed E-state index contributed by atoms with van der Waals surface area (Å²) in [5.74, 6) is -0.00595. The van der Waals surface area contributed by atoms with Gasteiger partial charge in [0, 0.05) is 18.3 Å². The number of halogens is 8. The predicted molar refractivity (Wildman–Crippen MR) is 96.1 cm³/mol. The molecule has 0 aliphatic heterocycles. The molecule has 1 aromatic heterocycles. The number of benzene rings is 1. The van der Waals surface area contributed by atoms with Crippen molar-refractivity contribution in [3.8, 4) is 17.4 Å². The Morgan fingerprint density at radius 2 is 1.62 bits per heavy atom. The third-order valence-electron chi connectivity index (χ3n) is 2.80. The molecule has 2 aromatic rings. The van der Waals surface area contributed by atoms with Crippen molar-refractivity contribution < 1.29 is 22.6 Å². The summed E-state index contributed by atoms with van der Waals surface area (Å²) in [5.41, 5.74) is -1.01. The lowest BCUT2D eigenvalue weighted by Gasteiger charge is -2.13. The van der Waals surface area contributed by atoms with Crippen LogP contribution in [0.25, 0.3) is 0 Å². The Bertz CT molecular complexity index is 839. The quantitative estimate of drug-likeness (QED) is 0.455. The van der Waals surface area contributed by atoms with Crippen LogP contribution in [-0.4, -0.2) is 11.6 Å². The van der Waals surface area contributed by atoms with Crippen LogP contribution in [0.3, 0.4) is 0 Å². The molecule has 0 fully saturated rings. The summed E-state index contributed by atoms with van der Waals surface area (Å²) in [5, 5.41) is -0.135. The monoisotopic (exact) mass is 465 g/mol. The molecule has 0 N–H and O–H groups in total. The topological polar surface area (TPSA) is 31.4 Å². The van der Waals surface area contributed by atoms with Gasteiger partial charge in [0.05, 0.1) is 15.6 Å². The highest BCUT2D eigenvalue weighted by Gasteiger charge is 2.32. The summed E-state index contributed by atoms with van der Waals surface area (Å²) < 4.78 is 48.6. The van der Waals surface area contributed by atoms with E-state index in [9.17, 15) is 13.2 Å². The van der Waals surface area contributed by atoms with E-state index in [4.69, 9.17) is 67.5 Å². The van der Waals surface area contributed by atoms with Crippen LogP contribution >= 0.6 is 58.0 Å². The SMILES string of the molecule is FC(F)(F)c1cnc(Oc2cc(Cl)c(OCC=C(Cl)Cl)cc2Cl)c(Cl)c1. The molecule has 26 heavy (non-hydrogen) atoms. The molecule has 3 nitrogen and oxygen atoms in total. The molecule has 0 unspecified atom stereocenters. The van der Waals surface area contributed by atoms with Crippen LogP contribution in [0.15, 0.2) is 35.0 Å². The average molecular weight is 467 g/mol. The van der Waals surface area contributed by atoms with Gasteiger partial charge in [0.15, 0.2) is 0 Å². The lowest BCUT2D eigenvalue weighted by molar-refractivity contribution is -0.137. The largest absolute Gasteiger partial charge is 0.488 e. The minimum atomic E-state index is -4.57. The second-order valence-electron chi connectivity index (χ2n) is 4.63. The Balaban J connectivity index is 2.22.